The quantitative estimate of drug-likeness (QED) is 0.449. The molecule has 0 aromatic heterocycles. The molecule has 1 heterocycles. The molecule has 0 saturated carbocycles. The summed E-state index contributed by atoms with van der Waals surface area (Å²) in [6.45, 7) is 3.66. The number of piperidine rings is 1. The van der Waals surface area contributed by atoms with Gasteiger partial charge in [-0.25, -0.2) is 4.79 Å². The number of halogens is 2. The molecule has 0 unspecified atom stereocenters. The molecular weight excluding hydrogens is 483 g/mol. The van der Waals surface area contributed by atoms with Gasteiger partial charge in [-0.1, -0.05) is 29.3 Å². The Bertz CT molecular complexity index is 1010. The van der Waals surface area contributed by atoms with Crippen molar-refractivity contribution < 1.29 is 29.3 Å². The van der Waals surface area contributed by atoms with Gasteiger partial charge in [-0.2, -0.15) is 0 Å². The van der Waals surface area contributed by atoms with E-state index in [-0.39, 0.29) is 30.6 Å². The molecule has 8 nitrogen and oxygen atoms in total. The second-order valence-electron chi connectivity index (χ2n) is 8.18. The summed E-state index contributed by atoms with van der Waals surface area (Å²) in [5.41, 5.74) is 0.899. The monoisotopic (exact) mass is 510 g/mol. The van der Waals surface area contributed by atoms with Crippen molar-refractivity contribution in [3.8, 4) is 11.5 Å². The van der Waals surface area contributed by atoms with Crippen molar-refractivity contribution in [2.75, 3.05) is 32.8 Å². The van der Waals surface area contributed by atoms with Crippen LogP contribution in [0.4, 0.5) is 0 Å². The van der Waals surface area contributed by atoms with E-state index in [1.807, 2.05) is 13.0 Å². The summed E-state index contributed by atoms with van der Waals surface area (Å²) in [5.74, 6) is -0.453. The van der Waals surface area contributed by atoms with E-state index < -0.39 is 18.0 Å². The number of carbonyl (C=O) groups is 2. The topological polar surface area (TPSA) is 108 Å². The zero-order valence-electron chi connectivity index (χ0n) is 18.8. The Morgan fingerprint density at radius 1 is 1.21 bits per heavy atom. The first kappa shape index (κ1) is 26.1. The number of aliphatic hydroxyl groups is 1. The third kappa shape index (κ3) is 7.50. The minimum Gasteiger partial charge on any atom is -0.490 e. The van der Waals surface area contributed by atoms with Gasteiger partial charge in [-0.15, -0.1) is 0 Å². The Labute approximate surface area is 208 Å². The molecule has 1 atom stereocenters. The van der Waals surface area contributed by atoms with Gasteiger partial charge in [0.1, 0.15) is 17.6 Å². The van der Waals surface area contributed by atoms with Crippen molar-refractivity contribution in [3.63, 3.8) is 0 Å². The van der Waals surface area contributed by atoms with Crippen LogP contribution < -0.4 is 14.8 Å². The summed E-state index contributed by atoms with van der Waals surface area (Å²) < 4.78 is 11.4. The van der Waals surface area contributed by atoms with E-state index in [9.17, 15) is 14.7 Å². The smallest absolute Gasteiger partial charge is 0.335 e. The number of amides is 1. The Hall–Kier alpha value is -2.52. The molecule has 0 aliphatic carbocycles. The number of nitrogens with zero attached hydrogens (tertiary/aromatic N) is 1. The molecule has 0 radical (unpaired) electrons. The zero-order chi connectivity index (χ0) is 24.7. The molecule has 1 amide bonds. The highest BCUT2D eigenvalue weighted by molar-refractivity contribution is 6.42. The maximum atomic E-state index is 12.0. The molecule has 1 saturated heterocycles. The number of β-amino-alcohol motifs (C(OH)–C–C–N with tert-alkyl or cyclic N) is 1. The second-order valence-corrected chi connectivity index (χ2v) is 8.97. The Balaban J connectivity index is 1.35. The van der Waals surface area contributed by atoms with Crippen LogP contribution in [0.5, 0.6) is 11.5 Å². The third-order valence-corrected chi connectivity index (χ3v) is 6.47. The predicted octanol–water partition coefficient (Wildman–Crippen LogP) is 3.40. The van der Waals surface area contributed by atoms with Crippen LogP contribution in [0.3, 0.4) is 0 Å². The van der Waals surface area contributed by atoms with Crippen LogP contribution in [0.2, 0.25) is 10.0 Å². The molecule has 1 aliphatic rings. The molecule has 2 aromatic rings. The number of benzene rings is 2. The lowest BCUT2D eigenvalue weighted by atomic mass is 10.1. The highest BCUT2D eigenvalue weighted by Crippen LogP contribution is 2.33. The highest BCUT2D eigenvalue weighted by Gasteiger charge is 2.23. The first-order chi connectivity index (χ1) is 16.2. The van der Waals surface area contributed by atoms with Gasteiger partial charge >= 0.3 is 5.97 Å². The summed E-state index contributed by atoms with van der Waals surface area (Å²) in [7, 11) is 0. The Kier molecular flexibility index (Phi) is 9.41. The molecule has 1 fully saturated rings. The SMILES string of the molecule is Cc1c(OC2CCN(C[C@H](O)CNC(=O)COc3cccc(C(=O)O)c3)CC2)ccc(Cl)c1Cl. The normalized spacial score (nSPS) is 15.5. The molecule has 2 aromatic carbocycles. The average molecular weight is 511 g/mol. The van der Waals surface area contributed by atoms with Crippen LogP contribution >= 0.6 is 23.2 Å². The molecule has 10 heteroatoms. The molecular formula is C24H28Cl2N2O6. The molecule has 184 valence electrons. The maximum Gasteiger partial charge on any atom is 0.335 e. The number of carboxylic acids is 1. The summed E-state index contributed by atoms with van der Waals surface area (Å²) >= 11 is 12.2. The molecule has 0 spiro atoms. The molecule has 34 heavy (non-hydrogen) atoms. The number of carboxylic acid groups (broad SMARTS) is 1. The maximum absolute atomic E-state index is 12.0. The van der Waals surface area contributed by atoms with Crippen molar-refractivity contribution in [1.82, 2.24) is 10.2 Å². The van der Waals surface area contributed by atoms with Gasteiger partial charge in [0.05, 0.1) is 21.7 Å². The first-order valence-electron chi connectivity index (χ1n) is 11.0. The predicted molar refractivity (Wildman–Crippen MR) is 129 cm³/mol. The largest absolute Gasteiger partial charge is 0.490 e. The zero-order valence-corrected chi connectivity index (χ0v) is 20.3. The van der Waals surface area contributed by atoms with Crippen LogP contribution in [0.25, 0.3) is 0 Å². The van der Waals surface area contributed by atoms with Gasteiger partial charge in [0.15, 0.2) is 6.61 Å². The van der Waals surface area contributed by atoms with Crippen molar-refractivity contribution in [2.24, 2.45) is 0 Å². The van der Waals surface area contributed by atoms with Crippen LogP contribution in [0.15, 0.2) is 36.4 Å². The van der Waals surface area contributed by atoms with E-state index in [0.717, 1.165) is 37.2 Å². The minimum absolute atomic E-state index is 0.0563. The van der Waals surface area contributed by atoms with Crippen LogP contribution in [-0.2, 0) is 4.79 Å². The number of nitrogens with one attached hydrogen (secondary N) is 1. The number of likely N-dealkylation sites (tertiary alicyclic amines) is 1. The van der Waals surface area contributed by atoms with E-state index in [1.165, 1.54) is 12.1 Å². The lowest BCUT2D eigenvalue weighted by Gasteiger charge is -2.33. The minimum atomic E-state index is -1.07. The second kappa shape index (κ2) is 12.3. The Morgan fingerprint density at radius 2 is 1.94 bits per heavy atom. The van der Waals surface area contributed by atoms with E-state index >= 15 is 0 Å². The van der Waals surface area contributed by atoms with Crippen LogP contribution in [0.1, 0.15) is 28.8 Å². The van der Waals surface area contributed by atoms with Crippen LogP contribution in [0, 0.1) is 6.92 Å². The standard InChI is InChI=1S/C24H28Cl2N2O6/c1-15-21(6-5-20(25)23(15)26)34-18-7-9-28(10-8-18)13-17(29)12-27-22(30)14-33-19-4-2-3-16(11-19)24(31)32/h2-6,11,17-18,29H,7-10,12-14H2,1H3,(H,27,30)(H,31,32)/t17-/m1/s1. The number of ether oxygens (including phenoxy) is 2. The van der Waals surface area contributed by atoms with E-state index in [4.69, 9.17) is 37.8 Å². The fourth-order valence-electron chi connectivity index (χ4n) is 3.66. The van der Waals surface area contributed by atoms with Gasteiger partial charge in [-0.05, 0) is 50.1 Å². The van der Waals surface area contributed by atoms with Gasteiger partial charge < -0.3 is 29.9 Å². The highest BCUT2D eigenvalue weighted by atomic mass is 35.5. The summed E-state index contributed by atoms with van der Waals surface area (Å²) in [6.07, 6.45) is 0.944. The van der Waals surface area contributed by atoms with Gasteiger partial charge in [-0.3, -0.25) is 4.79 Å². The third-order valence-electron chi connectivity index (χ3n) is 5.57. The van der Waals surface area contributed by atoms with Gasteiger partial charge in [0, 0.05) is 31.7 Å². The van der Waals surface area contributed by atoms with Gasteiger partial charge in [0.2, 0.25) is 0 Å². The van der Waals surface area contributed by atoms with E-state index in [2.05, 4.69) is 10.2 Å². The summed E-state index contributed by atoms with van der Waals surface area (Å²) in [4.78, 5) is 25.1. The van der Waals surface area contributed by atoms with Crippen molar-refractivity contribution in [3.05, 3.63) is 57.6 Å². The lowest BCUT2D eigenvalue weighted by Crippen LogP contribution is -2.45. The molecule has 0 bridgehead atoms. The number of aliphatic hydroxyl groups excluding tert-OH is 1. The molecule has 3 rings (SSSR count). The van der Waals surface area contributed by atoms with Crippen LogP contribution in [-0.4, -0.2) is 72.0 Å². The van der Waals surface area contributed by atoms with Crippen molar-refractivity contribution >= 4 is 35.1 Å². The number of hydrogen-bond acceptors (Lipinski definition) is 6. The first-order valence-corrected chi connectivity index (χ1v) is 11.7. The lowest BCUT2D eigenvalue weighted by molar-refractivity contribution is -0.123. The number of rotatable bonds is 10. The van der Waals surface area contributed by atoms with E-state index in [1.54, 1.807) is 18.2 Å². The molecule has 1 aliphatic heterocycles. The van der Waals surface area contributed by atoms with Crippen molar-refractivity contribution in [2.45, 2.75) is 32.0 Å². The van der Waals surface area contributed by atoms with Crippen molar-refractivity contribution in [1.29, 1.82) is 0 Å². The fourth-order valence-corrected chi connectivity index (χ4v) is 4.03. The van der Waals surface area contributed by atoms with Gasteiger partial charge in [0.25, 0.3) is 5.91 Å². The fraction of sp³-hybridized carbons (Fsp3) is 0.417. The average Bonchev–Trinajstić information content (AvgIpc) is 2.83. The summed E-state index contributed by atoms with van der Waals surface area (Å²) in [5, 5.41) is 22.9. The van der Waals surface area contributed by atoms with E-state index in [0.29, 0.717) is 16.6 Å². The number of aromatic carboxylic acids is 1. The number of carbonyl (C=O) groups excluding carboxylic acids is 1. The molecule has 3 N–H and O–H groups in total. The number of hydrogen-bond donors (Lipinski definition) is 3. The summed E-state index contributed by atoms with van der Waals surface area (Å²) in [6, 6.07) is 9.46. The Morgan fingerprint density at radius 3 is 2.65 bits per heavy atom.